The summed E-state index contributed by atoms with van der Waals surface area (Å²) >= 11 is 0. The molecule has 8 nitrogen and oxygen atoms in total. The fourth-order valence-corrected chi connectivity index (χ4v) is 3.90. The number of hydrogen-bond acceptors (Lipinski definition) is 5. The van der Waals surface area contributed by atoms with Crippen molar-refractivity contribution in [1.82, 2.24) is 9.80 Å². The minimum Gasteiger partial charge on any atom is -0.497 e. The molecule has 0 radical (unpaired) electrons. The maximum atomic E-state index is 12.5. The van der Waals surface area contributed by atoms with Gasteiger partial charge < -0.3 is 14.4 Å². The summed E-state index contributed by atoms with van der Waals surface area (Å²) in [7, 11) is 3.22. The quantitative estimate of drug-likeness (QED) is 0.556. The van der Waals surface area contributed by atoms with Gasteiger partial charge in [0.2, 0.25) is 0 Å². The number of hydrogen-bond donors (Lipinski definition) is 1. The maximum absolute atomic E-state index is 12.5. The number of imide groups is 2. The minimum absolute atomic E-state index is 0.0850. The normalized spacial score (nSPS) is 22.7. The molecule has 2 saturated heterocycles. The molecule has 27 heavy (non-hydrogen) atoms. The number of nitrogens with one attached hydrogen (secondary N) is 1. The van der Waals surface area contributed by atoms with Crippen molar-refractivity contribution in [1.29, 1.82) is 0 Å². The third kappa shape index (κ3) is 3.49. The summed E-state index contributed by atoms with van der Waals surface area (Å²) in [5.41, 5.74) is 1.02. The zero-order valence-corrected chi connectivity index (χ0v) is 16.0. The summed E-state index contributed by atoms with van der Waals surface area (Å²) in [6.45, 7) is 3.14. The van der Waals surface area contributed by atoms with E-state index in [2.05, 4.69) is 0 Å². The van der Waals surface area contributed by atoms with Crippen LogP contribution in [-0.4, -0.2) is 61.6 Å². The molecular weight excluding hydrogens is 350 g/mol. The number of urea groups is 1. The molecule has 0 aliphatic carbocycles. The molecular formula is C19H26N3O5+. The van der Waals surface area contributed by atoms with Crippen molar-refractivity contribution in [2.75, 3.05) is 34.0 Å². The van der Waals surface area contributed by atoms with Crippen molar-refractivity contribution in [3.8, 4) is 11.5 Å². The van der Waals surface area contributed by atoms with E-state index in [0.29, 0.717) is 12.2 Å². The Morgan fingerprint density at radius 1 is 1.11 bits per heavy atom. The molecule has 8 heteroatoms. The first-order valence-electron chi connectivity index (χ1n) is 9.25. The van der Waals surface area contributed by atoms with Crippen LogP contribution < -0.4 is 14.4 Å². The lowest BCUT2D eigenvalue weighted by molar-refractivity contribution is -0.925. The molecule has 3 rings (SSSR count). The molecule has 0 spiro atoms. The summed E-state index contributed by atoms with van der Waals surface area (Å²) in [5.74, 6) is -0.0188. The van der Waals surface area contributed by atoms with Gasteiger partial charge in [0.15, 0.2) is 6.67 Å². The van der Waals surface area contributed by atoms with Crippen molar-refractivity contribution in [2.45, 2.75) is 32.2 Å². The molecule has 146 valence electrons. The van der Waals surface area contributed by atoms with E-state index >= 15 is 0 Å². The van der Waals surface area contributed by atoms with E-state index in [-0.39, 0.29) is 19.3 Å². The average Bonchev–Trinajstić information content (AvgIpc) is 3.22. The van der Waals surface area contributed by atoms with Gasteiger partial charge in [0.1, 0.15) is 17.5 Å². The molecule has 0 bridgehead atoms. The van der Waals surface area contributed by atoms with Gasteiger partial charge in [-0.3, -0.25) is 14.5 Å². The number of carbonyl (C=O) groups excluding carboxylic acids is 3. The fraction of sp³-hybridized carbons (Fsp3) is 0.526. The number of benzene rings is 1. The molecule has 1 unspecified atom stereocenters. The highest BCUT2D eigenvalue weighted by molar-refractivity contribution is 6.44. The lowest BCUT2D eigenvalue weighted by Crippen LogP contribution is -3.12. The Hall–Kier alpha value is -2.61. The third-order valence-electron chi connectivity index (χ3n) is 5.24. The van der Waals surface area contributed by atoms with Crippen molar-refractivity contribution in [3.63, 3.8) is 0 Å². The van der Waals surface area contributed by atoms with Gasteiger partial charge in [-0.2, -0.15) is 0 Å². The van der Waals surface area contributed by atoms with E-state index < -0.39 is 17.8 Å². The van der Waals surface area contributed by atoms with Gasteiger partial charge in [0.25, 0.3) is 0 Å². The molecule has 2 aliphatic rings. The van der Waals surface area contributed by atoms with Gasteiger partial charge in [0, 0.05) is 25.5 Å². The standard InChI is InChI=1S/C19H25N3O5/c1-4-9-21-17(23)18(24)22(19(21)25)12-20-10-5-6-15(20)14-8-7-13(26-2)11-16(14)27-3/h7-8,11,15H,4-6,9-10,12H2,1-3H3/p+1/t15-/m1/s1. The van der Waals surface area contributed by atoms with Crippen LogP contribution in [-0.2, 0) is 9.59 Å². The smallest absolute Gasteiger partial charge is 0.338 e. The van der Waals surface area contributed by atoms with Crippen molar-refractivity contribution in [2.24, 2.45) is 0 Å². The first kappa shape index (κ1) is 19.2. The predicted molar refractivity (Wildman–Crippen MR) is 96.5 cm³/mol. The molecule has 2 fully saturated rings. The second kappa shape index (κ2) is 7.96. The van der Waals surface area contributed by atoms with Crippen LogP contribution in [0.4, 0.5) is 4.79 Å². The Morgan fingerprint density at radius 3 is 2.52 bits per heavy atom. The number of likely N-dealkylation sites (tertiary alicyclic amines) is 1. The van der Waals surface area contributed by atoms with Gasteiger partial charge in [-0.05, 0) is 18.6 Å². The molecule has 1 aromatic carbocycles. The van der Waals surface area contributed by atoms with Crippen LogP contribution in [0.25, 0.3) is 0 Å². The van der Waals surface area contributed by atoms with E-state index in [1.807, 2.05) is 25.1 Å². The van der Waals surface area contributed by atoms with Gasteiger partial charge in [0.05, 0.1) is 26.3 Å². The zero-order chi connectivity index (χ0) is 19.6. The third-order valence-corrected chi connectivity index (χ3v) is 5.24. The van der Waals surface area contributed by atoms with Gasteiger partial charge in [-0.1, -0.05) is 6.92 Å². The average molecular weight is 376 g/mol. The van der Waals surface area contributed by atoms with Gasteiger partial charge in [-0.15, -0.1) is 0 Å². The van der Waals surface area contributed by atoms with E-state index in [1.165, 1.54) is 0 Å². The lowest BCUT2D eigenvalue weighted by atomic mass is 10.0. The molecule has 0 saturated carbocycles. The minimum atomic E-state index is -0.728. The highest BCUT2D eigenvalue weighted by atomic mass is 16.5. The number of rotatable bonds is 7. The van der Waals surface area contributed by atoms with E-state index in [4.69, 9.17) is 9.47 Å². The van der Waals surface area contributed by atoms with E-state index in [0.717, 1.165) is 45.4 Å². The van der Waals surface area contributed by atoms with E-state index in [9.17, 15) is 14.4 Å². The number of methoxy groups -OCH3 is 2. The molecule has 2 atom stereocenters. The maximum Gasteiger partial charge on any atom is 0.338 e. The summed E-state index contributed by atoms with van der Waals surface area (Å²) in [6, 6.07) is 5.26. The number of ether oxygens (including phenoxy) is 2. The summed E-state index contributed by atoms with van der Waals surface area (Å²) < 4.78 is 10.8. The van der Waals surface area contributed by atoms with Crippen LogP contribution in [0.3, 0.4) is 0 Å². The van der Waals surface area contributed by atoms with Crippen molar-refractivity contribution >= 4 is 17.8 Å². The second-order valence-electron chi connectivity index (χ2n) is 6.84. The van der Waals surface area contributed by atoms with Crippen LogP contribution in [0.15, 0.2) is 18.2 Å². The molecule has 2 heterocycles. The first-order valence-corrected chi connectivity index (χ1v) is 9.25. The SMILES string of the molecule is CCCN1C(=O)C(=O)N(C[NH+]2CCC[C@@H]2c2ccc(OC)cc2OC)C1=O. The first-order chi connectivity index (χ1) is 13.0. The highest BCUT2D eigenvalue weighted by Crippen LogP contribution is 2.31. The lowest BCUT2D eigenvalue weighted by Gasteiger charge is -2.26. The Bertz CT molecular complexity index is 751. The van der Waals surface area contributed by atoms with Crippen LogP contribution in [0.5, 0.6) is 11.5 Å². The summed E-state index contributed by atoms with van der Waals surface area (Å²) in [5, 5.41) is 0. The Kier molecular flexibility index (Phi) is 5.65. The number of nitrogens with zero attached hydrogens (tertiary/aromatic N) is 2. The molecule has 1 N–H and O–H groups in total. The molecule has 0 aromatic heterocycles. The number of amides is 4. The summed E-state index contributed by atoms with van der Waals surface area (Å²) in [6.07, 6.45) is 2.51. The Labute approximate surface area is 158 Å². The fourth-order valence-electron chi connectivity index (χ4n) is 3.90. The highest BCUT2D eigenvalue weighted by Gasteiger charge is 2.47. The molecule has 1 aromatic rings. The zero-order valence-electron chi connectivity index (χ0n) is 16.0. The van der Waals surface area contributed by atoms with Crippen LogP contribution in [0.2, 0.25) is 0 Å². The molecule has 2 aliphatic heterocycles. The van der Waals surface area contributed by atoms with Crippen LogP contribution in [0, 0.1) is 0 Å². The Balaban J connectivity index is 1.81. The summed E-state index contributed by atoms with van der Waals surface area (Å²) in [4.78, 5) is 40.1. The van der Waals surface area contributed by atoms with Crippen LogP contribution >= 0.6 is 0 Å². The largest absolute Gasteiger partial charge is 0.497 e. The monoisotopic (exact) mass is 376 g/mol. The second-order valence-corrected chi connectivity index (χ2v) is 6.84. The van der Waals surface area contributed by atoms with E-state index in [1.54, 1.807) is 14.2 Å². The molecule has 4 amide bonds. The van der Waals surface area contributed by atoms with Gasteiger partial charge >= 0.3 is 17.8 Å². The number of carbonyl (C=O) groups is 3. The number of quaternary nitrogens is 1. The van der Waals surface area contributed by atoms with Crippen molar-refractivity contribution in [3.05, 3.63) is 23.8 Å². The predicted octanol–water partition coefficient (Wildman–Crippen LogP) is 0.582. The topological polar surface area (TPSA) is 80.6 Å². The van der Waals surface area contributed by atoms with Crippen molar-refractivity contribution < 1.29 is 28.8 Å². The Morgan fingerprint density at radius 2 is 1.85 bits per heavy atom. The van der Waals surface area contributed by atoms with Gasteiger partial charge in [-0.25, -0.2) is 9.69 Å². The van der Waals surface area contributed by atoms with Crippen LogP contribution in [0.1, 0.15) is 37.8 Å².